The number of fused-ring (bicyclic) bond motifs is 1. The highest BCUT2D eigenvalue weighted by Crippen LogP contribution is 2.29. The molecule has 1 amide bonds. The summed E-state index contributed by atoms with van der Waals surface area (Å²) < 4.78 is 0. The first kappa shape index (κ1) is 8.71. The van der Waals surface area contributed by atoms with Crippen LogP contribution in [0, 0.1) is 0 Å². The first-order valence-electron chi connectivity index (χ1n) is 5.31. The Labute approximate surface area is 88.3 Å². The van der Waals surface area contributed by atoms with Crippen LogP contribution in [0.3, 0.4) is 0 Å². The SMILES string of the molecule is O=C1C[C@H]2[C@@H](CCN2c2ccccn2)N1. The monoisotopic (exact) mass is 203 g/mol. The molecule has 1 aromatic rings. The van der Waals surface area contributed by atoms with E-state index < -0.39 is 0 Å². The van der Waals surface area contributed by atoms with Crippen LogP contribution in [0.25, 0.3) is 0 Å². The molecule has 2 aliphatic rings. The average Bonchev–Trinajstić information content (AvgIpc) is 2.77. The molecule has 15 heavy (non-hydrogen) atoms. The molecule has 2 atom stereocenters. The number of aromatic nitrogens is 1. The molecule has 2 aliphatic heterocycles. The molecule has 0 spiro atoms. The summed E-state index contributed by atoms with van der Waals surface area (Å²) in [5.74, 6) is 1.16. The lowest BCUT2D eigenvalue weighted by Gasteiger charge is -2.23. The molecule has 78 valence electrons. The van der Waals surface area contributed by atoms with Gasteiger partial charge in [0.15, 0.2) is 0 Å². The van der Waals surface area contributed by atoms with E-state index in [-0.39, 0.29) is 5.91 Å². The minimum Gasteiger partial charge on any atom is -0.351 e. The third-order valence-electron chi connectivity index (χ3n) is 3.23. The number of carbonyl (C=O) groups is 1. The number of carbonyl (C=O) groups excluding carboxylic acids is 1. The lowest BCUT2D eigenvalue weighted by atomic mass is 10.1. The van der Waals surface area contributed by atoms with Crippen LogP contribution in [0.5, 0.6) is 0 Å². The molecule has 4 heteroatoms. The third kappa shape index (κ3) is 1.37. The second-order valence-electron chi connectivity index (χ2n) is 4.12. The summed E-state index contributed by atoms with van der Waals surface area (Å²) >= 11 is 0. The predicted octanol–water partition coefficient (Wildman–Crippen LogP) is 0.549. The molecule has 2 saturated heterocycles. The van der Waals surface area contributed by atoms with Gasteiger partial charge in [0.25, 0.3) is 0 Å². The molecule has 0 saturated carbocycles. The number of nitrogens with zero attached hydrogens (tertiary/aromatic N) is 2. The van der Waals surface area contributed by atoms with Crippen molar-refractivity contribution in [3.63, 3.8) is 0 Å². The fraction of sp³-hybridized carbons (Fsp3) is 0.455. The third-order valence-corrected chi connectivity index (χ3v) is 3.23. The number of nitrogens with one attached hydrogen (secondary N) is 1. The number of rotatable bonds is 1. The van der Waals surface area contributed by atoms with Crippen LogP contribution in [-0.2, 0) is 4.79 Å². The van der Waals surface area contributed by atoms with E-state index in [0.717, 1.165) is 18.8 Å². The van der Waals surface area contributed by atoms with Gasteiger partial charge in [0, 0.05) is 19.2 Å². The number of anilines is 1. The van der Waals surface area contributed by atoms with Gasteiger partial charge in [-0.25, -0.2) is 4.98 Å². The second-order valence-corrected chi connectivity index (χ2v) is 4.12. The average molecular weight is 203 g/mol. The van der Waals surface area contributed by atoms with E-state index in [2.05, 4.69) is 15.2 Å². The second kappa shape index (κ2) is 3.22. The molecule has 3 rings (SSSR count). The summed E-state index contributed by atoms with van der Waals surface area (Å²) in [4.78, 5) is 17.8. The molecule has 4 nitrogen and oxygen atoms in total. The zero-order chi connectivity index (χ0) is 10.3. The number of hydrogen-bond donors (Lipinski definition) is 1. The zero-order valence-electron chi connectivity index (χ0n) is 8.39. The van der Waals surface area contributed by atoms with E-state index in [9.17, 15) is 4.79 Å². The molecular formula is C11H13N3O. The molecule has 0 aromatic carbocycles. The molecule has 3 heterocycles. The highest BCUT2D eigenvalue weighted by Gasteiger charge is 2.41. The Bertz CT molecular complexity index is 379. The van der Waals surface area contributed by atoms with Gasteiger partial charge >= 0.3 is 0 Å². The zero-order valence-corrected chi connectivity index (χ0v) is 8.39. The summed E-state index contributed by atoms with van der Waals surface area (Å²) in [6.45, 7) is 0.993. The van der Waals surface area contributed by atoms with Crippen LogP contribution in [-0.4, -0.2) is 29.5 Å². The van der Waals surface area contributed by atoms with Gasteiger partial charge in [-0.15, -0.1) is 0 Å². The normalized spacial score (nSPS) is 29.1. The number of hydrogen-bond acceptors (Lipinski definition) is 3. The Morgan fingerprint density at radius 1 is 1.47 bits per heavy atom. The van der Waals surface area contributed by atoms with Crippen molar-refractivity contribution in [3.05, 3.63) is 24.4 Å². The standard InChI is InChI=1S/C11H13N3O/c15-11-7-9-8(13-11)4-6-14(9)10-3-1-2-5-12-10/h1-3,5,8-9H,4,6-7H2,(H,13,15)/t8-,9+/m1/s1. The van der Waals surface area contributed by atoms with Crippen molar-refractivity contribution in [1.29, 1.82) is 0 Å². The van der Waals surface area contributed by atoms with Crippen molar-refractivity contribution in [2.45, 2.75) is 24.9 Å². The minimum absolute atomic E-state index is 0.172. The Hall–Kier alpha value is -1.58. The molecule has 0 aliphatic carbocycles. The van der Waals surface area contributed by atoms with Crippen molar-refractivity contribution in [3.8, 4) is 0 Å². The summed E-state index contributed by atoms with van der Waals surface area (Å²) in [7, 11) is 0. The predicted molar refractivity (Wildman–Crippen MR) is 56.5 cm³/mol. The van der Waals surface area contributed by atoms with Gasteiger partial charge < -0.3 is 10.2 Å². The fourth-order valence-electron chi connectivity index (χ4n) is 2.54. The van der Waals surface area contributed by atoms with Gasteiger partial charge in [-0.3, -0.25) is 4.79 Å². The van der Waals surface area contributed by atoms with Crippen LogP contribution < -0.4 is 10.2 Å². The van der Waals surface area contributed by atoms with Crippen LogP contribution in [0.4, 0.5) is 5.82 Å². The maximum Gasteiger partial charge on any atom is 0.222 e. The highest BCUT2D eigenvalue weighted by molar-refractivity contribution is 5.81. The molecule has 2 fully saturated rings. The van der Waals surface area contributed by atoms with Crippen LogP contribution >= 0.6 is 0 Å². The van der Waals surface area contributed by atoms with Crippen LogP contribution in [0.2, 0.25) is 0 Å². The highest BCUT2D eigenvalue weighted by atomic mass is 16.2. The van der Waals surface area contributed by atoms with E-state index in [0.29, 0.717) is 18.5 Å². The van der Waals surface area contributed by atoms with Crippen molar-refractivity contribution < 1.29 is 4.79 Å². The van der Waals surface area contributed by atoms with Crippen LogP contribution in [0.15, 0.2) is 24.4 Å². The Kier molecular flexibility index (Phi) is 1.87. The van der Waals surface area contributed by atoms with Gasteiger partial charge in [0.05, 0.1) is 12.1 Å². The van der Waals surface area contributed by atoms with Gasteiger partial charge in [-0.2, -0.15) is 0 Å². The summed E-state index contributed by atoms with van der Waals surface area (Å²) in [6.07, 6.45) is 3.45. The topological polar surface area (TPSA) is 45.2 Å². The van der Waals surface area contributed by atoms with Gasteiger partial charge in [-0.1, -0.05) is 6.07 Å². The van der Waals surface area contributed by atoms with Crippen molar-refractivity contribution in [1.82, 2.24) is 10.3 Å². The van der Waals surface area contributed by atoms with E-state index >= 15 is 0 Å². The molecule has 0 bridgehead atoms. The number of amides is 1. The van der Waals surface area contributed by atoms with Crippen molar-refractivity contribution >= 4 is 11.7 Å². The lowest BCUT2D eigenvalue weighted by molar-refractivity contribution is -0.119. The number of pyridine rings is 1. The van der Waals surface area contributed by atoms with Gasteiger partial charge in [0.1, 0.15) is 5.82 Å². The Morgan fingerprint density at radius 2 is 2.40 bits per heavy atom. The molecule has 0 unspecified atom stereocenters. The maximum atomic E-state index is 11.3. The lowest BCUT2D eigenvalue weighted by Crippen LogP contribution is -2.34. The van der Waals surface area contributed by atoms with E-state index in [1.54, 1.807) is 6.20 Å². The molecule has 1 N–H and O–H groups in total. The Morgan fingerprint density at radius 3 is 3.20 bits per heavy atom. The largest absolute Gasteiger partial charge is 0.351 e. The first-order valence-corrected chi connectivity index (χ1v) is 5.31. The minimum atomic E-state index is 0.172. The van der Waals surface area contributed by atoms with Gasteiger partial charge in [-0.05, 0) is 18.6 Å². The van der Waals surface area contributed by atoms with Crippen molar-refractivity contribution in [2.75, 3.05) is 11.4 Å². The van der Waals surface area contributed by atoms with Gasteiger partial charge in [0.2, 0.25) is 5.91 Å². The molecular weight excluding hydrogens is 190 g/mol. The first-order chi connectivity index (χ1) is 7.34. The Balaban J connectivity index is 1.87. The smallest absolute Gasteiger partial charge is 0.222 e. The van der Waals surface area contributed by atoms with Crippen LogP contribution in [0.1, 0.15) is 12.8 Å². The maximum absolute atomic E-state index is 11.3. The molecule has 1 aromatic heterocycles. The van der Waals surface area contributed by atoms with Crippen molar-refractivity contribution in [2.24, 2.45) is 0 Å². The summed E-state index contributed by atoms with van der Waals surface area (Å²) in [5, 5.41) is 3.01. The summed E-state index contributed by atoms with van der Waals surface area (Å²) in [5.41, 5.74) is 0. The van der Waals surface area contributed by atoms with E-state index in [4.69, 9.17) is 0 Å². The van der Waals surface area contributed by atoms with E-state index in [1.165, 1.54) is 0 Å². The quantitative estimate of drug-likeness (QED) is 0.725. The van der Waals surface area contributed by atoms with E-state index in [1.807, 2.05) is 18.2 Å². The summed E-state index contributed by atoms with van der Waals surface area (Å²) in [6, 6.07) is 6.55. The fourth-order valence-corrected chi connectivity index (χ4v) is 2.54. The molecule has 0 radical (unpaired) electrons.